The van der Waals surface area contributed by atoms with Gasteiger partial charge in [0.15, 0.2) is 4.77 Å². The fourth-order valence-electron chi connectivity index (χ4n) is 2.55. The number of aryl methyl sites for hydroxylation is 1. The second kappa shape index (κ2) is 8.20. The first kappa shape index (κ1) is 19.5. The number of hydrogen-bond acceptors (Lipinski definition) is 5. The summed E-state index contributed by atoms with van der Waals surface area (Å²) in [6.45, 7) is 1.85. The van der Waals surface area contributed by atoms with Gasteiger partial charge in [0.25, 0.3) is 11.5 Å². The molecule has 142 valence electrons. The average molecular weight is 415 g/mol. The van der Waals surface area contributed by atoms with E-state index >= 15 is 0 Å². The van der Waals surface area contributed by atoms with Crippen molar-refractivity contribution < 1.29 is 9.90 Å². The lowest BCUT2D eigenvalue weighted by atomic mass is 10.2. The summed E-state index contributed by atoms with van der Waals surface area (Å²) in [6.07, 6.45) is 1.05. The molecular weight excluding hydrogens is 400 g/mol. The van der Waals surface area contributed by atoms with E-state index in [9.17, 15) is 14.7 Å². The van der Waals surface area contributed by atoms with Crippen molar-refractivity contribution in [1.82, 2.24) is 15.0 Å². The number of carbonyl (C=O) groups is 1. The lowest BCUT2D eigenvalue weighted by molar-refractivity contribution is 0.0955. The third-order valence-corrected chi connectivity index (χ3v) is 4.57. The molecule has 0 saturated heterocycles. The molecule has 2 aromatic carbocycles. The normalized spacial score (nSPS) is 10.9. The molecule has 3 rings (SSSR count). The molecule has 9 heteroatoms. The van der Waals surface area contributed by atoms with Crippen molar-refractivity contribution in [3.63, 3.8) is 0 Å². The van der Waals surface area contributed by atoms with Crippen LogP contribution in [0.1, 0.15) is 21.5 Å². The first-order valence-electron chi connectivity index (χ1n) is 8.12. The summed E-state index contributed by atoms with van der Waals surface area (Å²) < 4.78 is 1.36. The Labute approximate surface area is 169 Å². The number of nitrogens with zero attached hydrogens (tertiary/aromatic N) is 2. The number of rotatable bonds is 4. The van der Waals surface area contributed by atoms with E-state index in [1.165, 1.54) is 10.6 Å². The van der Waals surface area contributed by atoms with Crippen LogP contribution in [0.5, 0.6) is 5.88 Å². The second-order valence-electron chi connectivity index (χ2n) is 5.80. The van der Waals surface area contributed by atoms with Crippen molar-refractivity contribution in [2.45, 2.75) is 6.92 Å². The standard InChI is InChI=1S/C19H15ClN4O3S/c1-11-6-2-5-9-15(11)24-18(27)13(16(25)22-19(24)28)10-21-23-17(26)12-7-3-4-8-14(12)20/h2-10,27H,1H3,(H,23,26)(H,22,25,28)/b21-10+. The number of benzene rings is 2. The van der Waals surface area contributed by atoms with E-state index in [4.69, 9.17) is 23.8 Å². The van der Waals surface area contributed by atoms with Gasteiger partial charge in [-0.15, -0.1) is 0 Å². The molecule has 3 N–H and O–H groups in total. The van der Waals surface area contributed by atoms with Crippen LogP contribution in [0.15, 0.2) is 58.4 Å². The van der Waals surface area contributed by atoms with Gasteiger partial charge in [-0.05, 0) is 42.9 Å². The Morgan fingerprint density at radius 1 is 1.25 bits per heavy atom. The van der Waals surface area contributed by atoms with Crippen LogP contribution in [0.25, 0.3) is 5.69 Å². The van der Waals surface area contributed by atoms with Crippen molar-refractivity contribution >= 4 is 35.9 Å². The zero-order valence-electron chi connectivity index (χ0n) is 14.6. The molecule has 0 fully saturated rings. The van der Waals surface area contributed by atoms with Crippen LogP contribution in [0, 0.1) is 11.7 Å². The van der Waals surface area contributed by atoms with Gasteiger partial charge in [-0.25, -0.2) is 5.43 Å². The third kappa shape index (κ3) is 3.88. The topological polar surface area (TPSA) is 99.5 Å². The van der Waals surface area contributed by atoms with Gasteiger partial charge < -0.3 is 5.11 Å². The van der Waals surface area contributed by atoms with Crippen LogP contribution in [0.4, 0.5) is 0 Å². The SMILES string of the molecule is Cc1ccccc1-n1c(O)c(/C=N/NC(=O)c2ccccc2Cl)c(=O)[nH]c1=S. The lowest BCUT2D eigenvalue weighted by Gasteiger charge is -2.13. The molecule has 0 aliphatic carbocycles. The third-order valence-electron chi connectivity index (χ3n) is 3.96. The highest BCUT2D eigenvalue weighted by atomic mass is 35.5. The molecular formula is C19H15ClN4O3S. The van der Waals surface area contributed by atoms with Crippen LogP contribution in [0.2, 0.25) is 5.02 Å². The van der Waals surface area contributed by atoms with Crippen molar-refractivity contribution in [2.24, 2.45) is 5.10 Å². The number of carbonyl (C=O) groups excluding carboxylic acids is 1. The Morgan fingerprint density at radius 2 is 1.93 bits per heavy atom. The molecule has 0 bridgehead atoms. The molecule has 7 nitrogen and oxygen atoms in total. The van der Waals surface area contributed by atoms with Crippen LogP contribution in [-0.4, -0.2) is 26.8 Å². The van der Waals surface area contributed by atoms with Gasteiger partial charge in [-0.1, -0.05) is 41.9 Å². The Morgan fingerprint density at radius 3 is 2.64 bits per heavy atom. The van der Waals surface area contributed by atoms with Gasteiger partial charge in [0, 0.05) is 0 Å². The van der Waals surface area contributed by atoms with Crippen LogP contribution >= 0.6 is 23.8 Å². The van der Waals surface area contributed by atoms with Gasteiger partial charge in [-0.3, -0.25) is 19.1 Å². The second-order valence-corrected chi connectivity index (χ2v) is 6.59. The van der Waals surface area contributed by atoms with Gasteiger partial charge in [0.05, 0.1) is 22.5 Å². The zero-order chi connectivity index (χ0) is 20.3. The van der Waals surface area contributed by atoms with Crippen LogP contribution in [-0.2, 0) is 0 Å². The van der Waals surface area contributed by atoms with Crippen molar-refractivity contribution in [2.75, 3.05) is 0 Å². The molecule has 1 aromatic heterocycles. The summed E-state index contributed by atoms with van der Waals surface area (Å²) in [5.41, 5.74) is 3.17. The number of para-hydroxylation sites is 1. The van der Waals surface area contributed by atoms with E-state index in [0.717, 1.165) is 11.8 Å². The van der Waals surface area contributed by atoms with Crippen molar-refractivity contribution in [3.8, 4) is 11.6 Å². The molecule has 0 aliphatic rings. The molecule has 3 aromatic rings. The van der Waals surface area contributed by atoms with E-state index in [1.54, 1.807) is 30.3 Å². The van der Waals surface area contributed by atoms with E-state index in [1.807, 2.05) is 19.1 Å². The highest BCUT2D eigenvalue weighted by molar-refractivity contribution is 7.71. The number of aromatic hydroxyl groups is 1. The Balaban J connectivity index is 1.96. The minimum atomic E-state index is -0.636. The number of nitrogens with one attached hydrogen (secondary N) is 2. The van der Waals surface area contributed by atoms with Crippen LogP contribution in [0.3, 0.4) is 0 Å². The summed E-state index contributed by atoms with van der Waals surface area (Å²) in [7, 11) is 0. The van der Waals surface area contributed by atoms with Crippen molar-refractivity contribution in [1.29, 1.82) is 0 Å². The number of H-pyrrole nitrogens is 1. The first-order chi connectivity index (χ1) is 13.4. The lowest BCUT2D eigenvalue weighted by Crippen LogP contribution is -2.21. The van der Waals surface area contributed by atoms with E-state index in [-0.39, 0.29) is 20.9 Å². The molecule has 0 spiro atoms. The number of amides is 1. The Hall–Kier alpha value is -3.23. The largest absolute Gasteiger partial charge is 0.494 e. The Kier molecular flexibility index (Phi) is 5.72. The first-order valence-corrected chi connectivity index (χ1v) is 8.91. The number of halogens is 1. The molecule has 1 heterocycles. The quantitative estimate of drug-likeness (QED) is 0.346. The molecule has 0 saturated carbocycles. The smallest absolute Gasteiger partial charge is 0.272 e. The maximum absolute atomic E-state index is 12.2. The van der Waals surface area contributed by atoms with Gasteiger partial charge in [0.1, 0.15) is 5.56 Å². The number of aromatic amines is 1. The highest BCUT2D eigenvalue weighted by Crippen LogP contribution is 2.21. The van der Waals surface area contributed by atoms with E-state index < -0.39 is 17.3 Å². The maximum atomic E-state index is 12.2. The predicted molar refractivity (Wildman–Crippen MR) is 110 cm³/mol. The molecule has 28 heavy (non-hydrogen) atoms. The van der Waals surface area contributed by atoms with Gasteiger partial charge >= 0.3 is 0 Å². The summed E-state index contributed by atoms with van der Waals surface area (Å²) in [4.78, 5) is 26.8. The monoisotopic (exact) mass is 414 g/mol. The molecule has 1 amide bonds. The summed E-state index contributed by atoms with van der Waals surface area (Å²) in [6, 6.07) is 13.7. The fraction of sp³-hybridized carbons (Fsp3) is 0.0526. The molecule has 0 radical (unpaired) electrons. The zero-order valence-corrected chi connectivity index (χ0v) is 16.2. The summed E-state index contributed by atoms with van der Waals surface area (Å²) in [5.74, 6) is -0.941. The fourth-order valence-corrected chi connectivity index (χ4v) is 3.05. The summed E-state index contributed by atoms with van der Waals surface area (Å²) in [5, 5.41) is 14.6. The van der Waals surface area contributed by atoms with Crippen LogP contribution < -0.4 is 11.0 Å². The van der Waals surface area contributed by atoms with E-state index in [0.29, 0.717) is 5.69 Å². The minimum absolute atomic E-state index is 0.0362. The van der Waals surface area contributed by atoms with E-state index in [2.05, 4.69) is 15.5 Å². The molecule has 0 aliphatic heterocycles. The van der Waals surface area contributed by atoms with Crippen molar-refractivity contribution in [3.05, 3.63) is 85.4 Å². The molecule has 0 atom stereocenters. The number of hydrogen-bond donors (Lipinski definition) is 3. The van der Waals surface area contributed by atoms with Gasteiger partial charge in [0.2, 0.25) is 5.88 Å². The average Bonchev–Trinajstić information content (AvgIpc) is 2.66. The highest BCUT2D eigenvalue weighted by Gasteiger charge is 2.14. The predicted octanol–water partition coefficient (Wildman–Crippen LogP) is 3.33. The maximum Gasteiger partial charge on any atom is 0.272 e. The number of hydrazone groups is 1. The number of aromatic nitrogens is 2. The van der Waals surface area contributed by atoms with Gasteiger partial charge in [-0.2, -0.15) is 5.10 Å². The molecule has 0 unspecified atom stereocenters. The Bertz CT molecular complexity index is 1200. The summed E-state index contributed by atoms with van der Waals surface area (Å²) >= 11 is 11.1. The minimum Gasteiger partial charge on any atom is -0.494 e.